The number of likely N-dealkylation sites (tertiary alicyclic amines) is 2. The zero-order valence-electron chi connectivity index (χ0n) is 21.1. The molecule has 2 aromatic rings. The van der Waals surface area contributed by atoms with Crippen molar-refractivity contribution < 1.29 is 50.9 Å². The molecule has 16 heteroatoms. The Bertz CT molecular complexity index is 1060. The van der Waals surface area contributed by atoms with Crippen molar-refractivity contribution in [1.29, 1.82) is 0 Å². The van der Waals surface area contributed by atoms with Crippen molar-refractivity contribution in [1.82, 2.24) is 19.8 Å². The molecule has 2 N–H and O–H groups in total. The molecule has 1 amide bonds. The molecule has 1 spiro atoms. The number of aromatic nitrogens is 2. The van der Waals surface area contributed by atoms with Crippen LogP contribution in [0.3, 0.4) is 0 Å². The van der Waals surface area contributed by atoms with Gasteiger partial charge in [-0.25, -0.2) is 14.6 Å². The summed E-state index contributed by atoms with van der Waals surface area (Å²) >= 11 is 1.75. The third-order valence-corrected chi connectivity index (χ3v) is 7.26. The number of hydrogen-bond donors (Lipinski definition) is 2. The third-order valence-electron chi connectivity index (χ3n) is 6.50. The highest BCUT2D eigenvalue weighted by Crippen LogP contribution is 2.41. The van der Waals surface area contributed by atoms with Crippen LogP contribution in [0.15, 0.2) is 36.1 Å². The van der Waals surface area contributed by atoms with Crippen LogP contribution in [0.1, 0.15) is 36.3 Å². The molecule has 0 bridgehead atoms. The number of amides is 1. The molecule has 0 unspecified atom stereocenters. The van der Waals surface area contributed by atoms with Crippen LogP contribution < -0.4 is 0 Å². The normalized spacial score (nSPS) is 17.2. The summed E-state index contributed by atoms with van der Waals surface area (Å²) in [4.78, 5) is 43.4. The Morgan fingerprint density at radius 1 is 0.900 bits per heavy atom. The molecule has 2 aliphatic rings. The van der Waals surface area contributed by atoms with E-state index in [9.17, 15) is 31.1 Å². The van der Waals surface area contributed by atoms with Crippen molar-refractivity contribution in [2.45, 2.75) is 51.0 Å². The predicted molar refractivity (Wildman–Crippen MR) is 130 cm³/mol. The number of nitrogens with zero attached hydrogens (tertiary/aromatic N) is 4. The first-order chi connectivity index (χ1) is 18.6. The molecule has 0 aromatic carbocycles. The summed E-state index contributed by atoms with van der Waals surface area (Å²) in [7, 11) is 0. The van der Waals surface area contributed by atoms with Crippen LogP contribution in [-0.4, -0.2) is 86.4 Å². The van der Waals surface area contributed by atoms with Gasteiger partial charge in [0, 0.05) is 37.1 Å². The number of hydrogen-bond acceptors (Lipinski definition) is 7. The maximum atomic E-state index is 12.6. The van der Waals surface area contributed by atoms with E-state index in [0.717, 1.165) is 51.1 Å². The van der Waals surface area contributed by atoms with Crippen LogP contribution in [0.25, 0.3) is 0 Å². The molecule has 2 fully saturated rings. The standard InChI is InChI=1S/C20H26N4OS.2C2HF3O2/c25-19(14-17-2-1-7-21-15-17)24-11-5-20(6-12-24)3-9-23(10-4-20)16-18-22-8-13-26-18;2*3-2(4,5)1(6)7/h1-2,7-8,13,15H,3-6,9-12,14,16H2;2*(H,6,7). The second-order valence-corrected chi connectivity index (χ2v) is 10.2. The van der Waals surface area contributed by atoms with Gasteiger partial charge < -0.3 is 15.1 Å². The molecule has 0 radical (unpaired) electrons. The van der Waals surface area contributed by atoms with E-state index in [-0.39, 0.29) is 5.91 Å². The largest absolute Gasteiger partial charge is 0.490 e. The number of carbonyl (C=O) groups is 3. The van der Waals surface area contributed by atoms with Gasteiger partial charge in [-0.3, -0.25) is 14.7 Å². The SMILES string of the molecule is O=C(Cc1cccnc1)N1CCC2(CCN(Cc3nccs3)CC2)CC1.O=C(O)C(F)(F)F.O=C(O)C(F)(F)F. The minimum atomic E-state index is -5.08. The van der Waals surface area contributed by atoms with E-state index in [4.69, 9.17) is 19.8 Å². The lowest BCUT2D eigenvalue weighted by Gasteiger charge is -2.46. The van der Waals surface area contributed by atoms with Gasteiger partial charge in [-0.2, -0.15) is 26.3 Å². The van der Waals surface area contributed by atoms with E-state index < -0.39 is 24.3 Å². The molecule has 2 aromatic heterocycles. The van der Waals surface area contributed by atoms with Gasteiger partial charge in [-0.05, 0) is 55.8 Å². The van der Waals surface area contributed by atoms with Crippen LogP contribution in [0.4, 0.5) is 26.3 Å². The topological polar surface area (TPSA) is 124 Å². The van der Waals surface area contributed by atoms with Crippen LogP contribution in [-0.2, 0) is 27.3 Å². The van der Waals surface area contributed by atoms with Gasteiger partial charge in [0.2, 0.25) is 5.91 Å². The molecular formula is C24H28F6N4O5S. The first-order valence-corrected chi connectivity index (χ1v) is 12.9. The van der Waals surface area contributed by atoms with E-state index in [1.807, 2.05) is 18.3 Å². The summed E-state index contributed by atoms with van der Waals surface area (Å²) in [5.74, 6) is -5.27. The van der Waals surface area contributed by atoms with Crippen molar-refractivity contribution >= 4 is 29.2 Å². The van der Waals surface area contributed by atoms with Crippen LogP contribution in [0, 0.1) is 5.41 Å². The average Bonchev–Trinajstić information content (AvgIpc) is 3.39. The number of aliphatic carboxylic acids is 2. The van der Waals surface area contributed by atoms with E-state index in [2.05, 4.69) is 25.1 Å². The third kappa shape index (κ3) is 11.1. The van der Waals surface area contributed by atoms with Crippen molar-refractivity contribution in [3.05, 3.63) is 46.7 Å². The quantitative estimate of drug-likeness (QED) is 0.501. The van der Waals surface area contributed by atoms with Crippen molar-refractivity contribution in [2.24, 2.45) is 5.41 Å². The smallest absolute Gasteiger partial charge is 0.475 e. The number of piperidine rings is 2. The maximum Gasteiger partial charge on any atom is 0.490 e. The Morgan fingerprint density at radius 2 is 1.43 bits per heavy atom. The highest BCUT2D eigenvalue weighted by Gasteiger charge is 2.39. The Hall–Kier alpha value is -3.27. The van der Waals surface area contributed by atoms with E-state index in [1.54, 1.807) is 23.7 Å². The highest BCUT2D eigenvalue weighted by molar-refractivity contribution is 7.09. The number of pyridine rings is 1. The molecule has 222 valence electrons. The summed E-state index contributed by atoms with van der Waals surface area (Å²) < 4.78 is 63.5. The summed E-state index contributed by atoms with van der Waals surface area (Å²) in [6.07, 6.45) is 0.549. The lowest BCUT2D eigenvalue weighted by molar-refractivity contribution is -0.193. The van der Waals surface area contributed by atoms with Gasteiger partial charge in [0.15, 0.2) is 0 Å². The van der Waals surface area contributed by atoms with Crippen molar-refractivity contribution in [2.75, 3.05) is 26.2 Å². The van der Waals surface area contributed by atoms with Gasteiger partial charge in [-0.1, -0.05) is 6.07 Å². The fourth-order valence-electron chi connectivity index (χ4n) is 4.23. The molecule has 40 heavy (non-hydrogen) atoms. The van der Waals surface area contributed by atoms with E-state index >= 15 is 0 Å². The van der Waals surface area contributed by atoms with Gasteiger partial charge >= 0.3 is 24.3 Å². The molecule has 9 nitrogen and oxygen atoms in total. The number of carboxylic acid groups (broad SMARTS) is 2. The van der Waals surface area contributed by atoms with Gasteiger partial charge in [0.05, 0.1) is 13.0 Å². The number of carboxylic acids is 2. The van der Waals surface area contributed by atoms with Gasteiger partial charge in [0.1, 0.15) is 5.01 Å². The maximum absolute atomic E-state index is 12.6. The summed E-state index contributed by atoms with van der Waals surface area (Å²) in [6, 6.07) is 3.88. The van der Waals surface area contributed by atoms with E-state index in [0.29, 0.717) is 11.8 Å². The lowest BCUT2D eigenvalue weighted by Crippen LogP contribution is -2.48. The Labute approximate surface area is 229 Å². The van der Waals surface area contributed by atoms with E-state index in [1.165, 1.54) is 17.8 Å². The minimum absolute atomic E-state index is 0.244. The molecule has 0 saturated carbocycles. The molecule has 4 heterocycles. The van der Waals surface area contributed by atoms with Crippen molar-refractivity contribution in [3.8, 4) is 0 Å². The second kappa shape index (κ2) is 14.4. The predicted octanol–water partition coefficient (Wildman–Crippen LogP) is 4.25. The summed E-state index contributed by atoms with van der Waals surface area (Å²) in [6.45, 7) is 5.12. The fourth-order valence-corrected chi connectivity index (χ4v) is 4.89. The zero-order chi connectivity index (χ0) is 30.0. The number of carbonyl (C=O) groups excluding carboxylic acids is 1. The molecular weight excluding hydrogens is 570 g/mol. The number of thiazole rings is 1. The average molecular weight is 599 g/mol. The van der Waals surface area contributed by atoms with Crippen LogP contribution in [0.2, 0.25) is 0 Å². The molecule has 0 aliphatic carbocycles. The van der Waals surface area contributed by atoms with Gasteiger partial charge in [-0.15, -0.1) is 11.3 Å². The first-order valence-electron chi connectivity index (χ1n) is 12.0. The second-order valence-electron chi connectivity index (χ2n) is 9.23. The molecule has 0 atom stereocenters. The number of rotatable bonds is 4. The molecule has 2 saturated heterocycles. The van der Waals surface area contributed by atoms with Crippen LogP contribution >= 0.6 is 11.3 Å². The Morgan fingerprint density at radius 3 is 1.85 bits per heavy atom. The fraction of sp³-hybridized carbons (Fsp3) is 0.542. The highest BCUT2D eigenvalue weighted by atomic mass is 32.1. The number of alkyl halides is 6. The first kappa shape index (κ1) is 32.9. The molecule has 4 rings (SSSR count). The minimum Gasteiger partial charge on any atom is -0.475 e. The Kier molecular flexibility index (Phi) is 11.8. The molecule has 2 aliphatic heterocycles. The zero-order valence-corrected chi connectivity index (χ0v) is 21.9. The van der Waals surface area contributed by atoms with Crippen LogP contribution in [0.5, 0.6) is 0 Å². The number of halogens is 6. The summed E-state index contributed by atoms with van der Waals surface area (Å²) in [5, 5.41) is 17.5. The lowest BCUT2D eigenvalue weighted by atomic mass is 9.71. The Balaban J connectivity index is 0.000000333. The summed E-state index contributed by atoms with van der Waals surface area (Å²) in [5.41, 5.74) is 1.46. The van der Waals surface area contributed by atoms with Gasteiger partial charge in [0.25, 0.3) is 0 Å². The monoisotopic (exact) mass is 598 g/mol. The van der Waals surface area contributed by atoms with Crippen molar-refractivity contribution in [3.63, 3.8) is 0 Å².